The quantitative estimate of drug-likeness (QED) is 0.776. The van der Waals surface area contributed by atoms with E-state index in [1.54, 1.807) is 0 Å². The van der Waals surface area contributed by atoms with Crippen LogP contribution in [0.2, 0.25) is 0 Å². The normalized spacial score (nSPS) is 14.1. The van der Waals surface area contributed by atoms with Crippen LogP contribution in [0.4, 0.5) is 4.79 Å². The molecule has 0 atom stereocenters. The molecule has 0 aliphatic carbocycles. The third-order valence-electron chi connectivity index (χ3n) is 2.26. The summed E-state index contributed by atoms with van der Waals surface area (Å²) in [7, 11) is 0. The standard InChI is InChI=1S/C11H13NO3S/c13-11(16)12-7-8-2-3-9-10(6-8)15-5-1-4-14-9/h2-3,6H,1,4-5,7H2,(H2,12,13,16). The molecule has 2 rings (SSSR count). The second-order valence-corrected chi connectivity index (χ2v) is 3.90. The van der Waals surface area contributed by atoms with E-state index in [0.717, 1.165) is 23.5 Å². The van der Waals surface area contributed by atoms with E-state index >= 15 is 0 Å². The molecule has 0 saturated heterocycles. The van der Waals surface area contributed by atoms with Gasteiger partial charge >= 0.3 is 0 Å². The summed E-state index contributed by atoms with van der Waals surface area (Å²) in [5.41, 5.74) is 0.964. The topological polar surface area (TPSA) is 47.6 Å². The maximum absolute atomic E-state index is 10.7. The Labute approximate surface area is 99.3 Å². The Morgan fingerprint density at radius 3 is 2.81 bits per heavy atom. The number of hydrogen-bond donors (Lipinski definition) is 2. The highest BCUT2D eigenvalue weighted by Crippen LogP contribution is 2.30. The first-order valence-corrected chi connectivity index (χ1v) is 5.56. The highest BCUT2D eigenvalue weighted by molar-refractivity contribution is 7.96. The molecule has 0 spiro atoms. The van der Waals surface area contributed by atoms with Gasteiger partial charge in [0.15, 0.2) is 11.5 Å². The van der Waals surface area contributed by atoms with Gasteiger partial charge in [-0.25, -0.2) is 0 Å². The molecule has 1 aliphatic heterocycles. The molecule has 1 heterocycles. The zero-order chi connectivity index (χ0) is 11.4. The van der Waals surface area contributed by atoms with Crippen LogP contribution in [0.5, 0.6) is 11.5 Å². The van der Waals surface area contributed by atoms with Crippen LogP contribution < -0.4 is 14.8 Å². The van der Waals surface area contributed by atoms with Crippen LogP contribution >= 0.6 is 12.6 Å². The Hall–Kier alpha value is -1.36. The van der Waals surface area contributed by atoms with E-state index in [1.165, 1.54) is 0 Å². The van der Waals surface area contributed by atoms with E-state index < -0.39 is 0 Å². The van der Waals surface area contributed by atoms with Gasteiger partial charge in [0.2, 0.25) is 0 Å². The van der Waals surface area contributed by atoms with Crippen molar-refractivity contribution in [3.05, 3.63) is 23.8 Å². The van der Waals surface area contributed by atoms with E-state index in [2.05, 4.69) is 17.9 Å². The molecule has 1 amide bonds. The van der Waals surface area contributed by atoms with Crippen molar-refractivity contribution in [1.29, 1.82) is 0 Å². The third-order valence-corrected chi connectivity index (χ3v) is 2.41. The molecule has 4 nitrogen and oxygen atoms in total. The van der Waals surface area contributed by atoms with Crippen molar-refractivity contribution >= 4 is 17.9 Å². The smallest absolute Gasteiger partial charge is 0.276 e. The molecular formula is C11H13NO3S. The van der Waals surface area contributed by atoms with Gasteiger partial charge in [-0.1, -0.05) is 18.7 Å². The van der Waals surface area contributed by atoms with Crippen molar-refractivity contribution in [3.8, 4) is 11.5 Å². The number of benzene rings is 1. The van der Waals surface area contributed by atoms with Gasteiger partial charge in [0.25, 0.3) is 5.24 Å². The molecule has 1 aliphatic rings. The first-order valence-electron chi connectivity index (χ1n) is 5.11. The van der Waals surface area contributed by atoms with Crippen LogP contribution in [0.1, 0.15) is 12.0 Å². The summed E-state index contributed by atoms with van der Waals surface area (Å²) in [6.45, 7) is 1.79. The van der Waals surface area contributed by atoms with Gasteiger partial charge in [0.05, 0.1) is 13.2 Å². The molecule has 1 aromatic carbocycles. The van der Waals surface area contributed by atoms with Gasteiger partial charge in [0, 0.05) is 13.0 Å². The molecule has 0 unspecified atom stereocenters. The van der Waals surface area contributed by atoms with Crippen molar-refractivity contribution in [2.75, 3.05) is 13.2 Å². The van der Waals surface area contributed by atoms with Gasteiger partial charge in [-0.2, -0.15) is 0 Å². The van der Waals surface area contributed by atoms with Gasteiger partial charge in [0.1, 0.15) is 0 Å². The summed E-state index contributed by atoms with van der Waals surface area (Å²) in [4.78, 5) is 10.7. The number of nitrogens with one attached hydrogen (secondary N) is 1. The predicted octanol–water partition coefficient (Wildman–Crippen LogP) is 1.99. The molecule has 0 bridgehead atoms. The summed E-state index contributed by atoms with van der Waals surface area (Å²) in [6.07, 6.45) is 0.886. The van der Waals surface area contributed by atoms with Crippen LogP contribution in [0, 0.1) is 0 Å². The molecule has 16 heavy (non-hydrogen) atoms. The first kappa shape index (κ1) is 11.1. The number of hydrogen-bond acceptors (Lipinski definition) is 3. The van der Waals surface area contributed by atoms with Crippen molar-refractivity contribution < 1.29 is 14.3 Å². The fourth-order valence-electron chi connectivity index (χ4n) is 1.50. The largest absolute Gasteiger partial charge is 0.490 e. The summed E-state index contributed by atoms with van der Waals surface area (Å²) < 4.78 is 11.0. The number of carbonyl (C=O) groups is 1. The van der Waals surface area contributed by atoms with E-state index in [9.17, 15) is 4.79 Å². The lowest BCUT2D eigenvalue weighted by atomic mass is 10.2. The van der Waals surface area contributed by atoms with Crippen LogP contribution in [0.25, 0.3) is 0 Å². The lowest BCUT2D eigenvalue weighted by Crippen LogP contribution is -2.15. The average Bonchev–Trinajstić information content (AvgIpc) is 2.50. The van der Waals surface area contributed by atoms with Crippen molar-refractivity contribution in [2.24, 2.45) is 0 Å². The Balaban J connectivity index is 2.11. The third kappa shape index (κ3) is 2.82. The number of rotatable bonds is 2. The highest BCUT2D eigenvalue weighted by Gasteiger charge is 2.10. The zero-order valence-electron chi connectivity index (χ0n) is 8.73. The van der Waals surface area contributed by atoms with Gasteiger partial charge in [-0.05, 0) is 17.7 Å². The number of ether oxygens (including phenoxy) is 2. The van der Waals surface area contributed by atoms with Crippen LogP contribution in [-0.2, 0) is 6.54 Å². The van der Waals surface area contributed by atoms with E-state index in [1.807, 2.05) is 18.2 Å². The van der Waals surface area contributed by atoms with Crippen LogP contribution in [0.3, 0.4) is 0 Å². The molecule has 5 heteroatoms. The van der Waals surface area contributed by atoms with Gasteiger partial charge < -0.3 is 14.8 Å². The summed E-state index contributed by atoms with van der Waals surface area (Å²) >= 11 is 3.64. The van der Waals surface area contributed by atoms with E-state index in [0.29, 0.717) is 19.8 Å². The fraction of sp³-hybridized carbons (Fsp3) is 0.364. The number of thiol groups is 1. The zero-order valence-corrected chi connectivity index (χ0v) is 9.63. The molecule has 1 N–H and O–H groups in total. The van der Waals surface area contributed by atoms with Crippen LogP contribution in [-0.4, -0.2) is 18.5 Å². The van der Waals surface area contributed by atoms with Crippen molar-refractivity contribution in [3.63, 3.8) is 0 Å². The SMILES string of the molecule is O=C(S)NCc1ccc2c(c1)OCCCO2. The Morgan fingerprint density at radius 1 is 1.31 bits per heavy atom. The Bertz CT molecular complexity index is 395. The molecule has 86 valence electrons. The highest BCUT2D eigenvalue weighted by atomic mass is 32.1. The maximum atomic E-state index is 10.7. The lowest BCUT2D eigenvalue weighted by molar-refractivity contribution is 0.260. The average molecular weight is 239 g/mol. The number of fused-ring (bicyclic) bond motifs is 1. The maximum Gasteiger partial charge on any atom is 0.276 e. The second-order valence-electron chi connectivity index (χ2n) is 3.49. The number of amides is 1. The van der Waals surface area contributed by atoms with Crippen molar-refractivity contribution in [1.82, 2.24) is 5.32 Å². The van der Waals surface area contributed by atoms with Crippen LogP contribution in [0.15, 0.2) is 18.2 Å². The number of carbonyl (C=O) groups excluding carboxylic acids is 1. The summed E-state index contributed by atoms with van der Waals surface area (Å²) in [5, 5.41) is 2.27. The minimum Gasteiger partial charge on any atom is -0.490 e. The molecule has 0 radical (unpaired) electrons. The van der Waals surface area contributed by atoms with Gasteiger partial charge in [-0.15, -0.1) is 0 Å². The van der Waals surface area contributed by atoms with Crippen molar-refractivity contribution in [2.45, 2.75) is 13.0 Å². The molecule has 0 saturated carbocycles. The molecule has 1 aromatic rings. The Kier molecular flexibility index (Phi) is 3.56. The monoisotopic (exact) mass is 239 g/mol. The molecular weight excluding hydrogens is 226 g/mol. The lowest BCUT2D eigenvalue weighted by Gasteiger charge is -2.09. The predicted molar refractivity (Wildman–Crippen MR) is 63.3 cm³/mol. The van der Waals surface area contributed by atoms with E-state index in [4.69, 9.17) is 9.47 Å². The Morgan fingerprint density at radius 2 is 2.06 bits per heavy atom. The summed E-state index contributed by atoms with van der Waals surface area (Å²) in [5.74, 6) is 1.50. The minimum atomic E-state index is -0.341. The minimum absolute atomic E-state index is 0.341. The second kappa shape index (κ2) is 5.12. The van der Waals surface area contributed by atoms with Gasteiger partial charge in [-0.3, -0.25) is 4.79 Å². The summed E-state index contributed by atoms with van der Waals surface area (Å²) in [6, 6.07) is 5.64. The first-order chi connectivity index (χ1) is 7.75. The molecule has 0 aromatic heterocycles. The van der Waals surface area contributed by atoms with E-state index in [-0.39, 0.29) is 5.24 Å². The molecule has 0 fully saturated rings. The fourth-order valence-corrected chi connectivity index (χ4v) is 1.57.